The van der Waals surface area contributed by atoms with Crippen LogP contribution in [0.4, 0.5) is 0 Å². The quantitative estimate of drug-likeness (QED) is 0.185. The summed E-state index contributed by atoms with van der Waals surface area (Å²) in [6.45, 7) is 14.6. The predicted octanol–water partition coefficient (Wildman–Crippen LogP) is 3.10. The molecule has 0 bridgehead atoms. The summed E-state index contributed by atoms with van der Waals surface area (Å²) < 4.78 is 27.0. The number of carbonyl (C=O) groups excluding carboxylic acids is 2. The van der Waals surface area contributed by atoms with E-state index in [1.807, 2.05) is 13.8 Å². The third kappa shape index (κ3) is 9.84. The Bertz CT molecular complexity index is 440. The minimum Gasteiger partial charge on any atom is -0.464 e. The molecule has 158 valence electrons. The molecule has 9 heteroatoms. The predicted molar refractivity (Wildman–Crippen MR) is 108 cm³/mol. The molecule has 1 fully saturated rings. The van der Waals surface area contributed by atoms with Gasteiger partial charge in [-0.15, -0.1) is 0 Å². The summed E-state index contributed by atoms with van der Waals surface area (Å²) in [4.78, 5) is 23.8. The first-order valence-electron chi connectivity index (χ1n) is 9.88. The Balaban J connectivity index is 2.15. The first kappa shape index (κ1) is 24.3. The van der Waals surface area contributed by atoms with Crippen LogP contribution in [0.1, 0.15) is 26.7 Å². The Hall–Kier alpha value is -0.746. The van der Waals surface area contributed by atoms with Gasteiger partial charge in [0.25, 0.3) is 0 Å². The van der Waals surface area contributed by atoms with Crippen molar-refractivity contribution in [1.29, 1.82) is 0 Å². The second-order valence-corrected chi connectivity index (χ2v) is 16.5. The fourth-order valence-electron chi connectivity index (χ4n) is 2.90. The number of epoxide rings is 1. The third-order valence-corrected chi connectivity index (χ3v) is 9.62. The lowest BCUT2D eigenvalue weighted by atomic mass is 10.3. The van der Waals surface area contributed by atoms with E-state index in [4.69, 9.17) is 23.1 Å². The maximum atomic E-state index is 11.9. The van der Waals surface area contributed by atoms with E-state index >= 15 is 0 Å². The van der Waals surface area contributed by atoms with Crippen molar-refractivity contribution in [3.05, 3.63) is 0 Å². The van der Waals surface area contributed by atoms with Gasteiger partial charge in [0.2, 0.25) is 0 Å². The SMILES string of the molecule is CCO[Si](C)(C)CCCOC(=O)C1OC1C(=O)OCCC[Si](C)(C)OCC. The Morgan fingerprint density at radius 2 is 1.15 bits per heavy atom. The van der Waals surface area contributed by atoms with Gasteiger partial charge in [-0.3, -0.25) is 0 Å². The van der Waals surface area contributed by atoms with E-state index in [-0.39, 0.29) is 0 Å². The van der Waals surface area contributed by atoms with Crippen LogP contribution in [-0.2, 0) is 32.7 Å². The molecule has 1 rings (SSSR count). The number of hydrogen-bond donors (Lipinski definition) is 0. The lowest BCUT2D eigenvalue weighted by Crippen LogP contribution is -2.31. The molecular formula is C18H36O7Si2. The molecule has 2 unspecified atom stereocenters. The molecule has 1 aliphatic rings. The fourth-order valence-corrected chi connectivity index (χ4v) is 6.75. The molecule has 0 N–H and O–H groups in total. The molecular weight excluding hydrogens is 384 g/mol. The van der Waals surface area contributed by atoms with Crippen LogP contribution in [0.3, 0.4) is 0 Å². The van der Waals surface area contributed by atoms with E-state index in [0.717, 1.165) is 24.9 Å². The van der Waals surface area contributed by atoms with E-state index in [1.54, 1.807) is 0 Å². The van der Waals surface area contributed by atoms with E-state index < -0.39 is 40.8 Å². The number of carbonyl (C=O) groups is 2. The van der Waals surface area contributed by atoms with Gasteiger partial charge in [-0.2, -0.15) is 0 Å². The Morgan fingerprint density at radius 3 is 1.48 bits per heavy atom. The monoisotopic (exact) mass is 420 g/mol. The van der Waals surface area contributed by atoms with Crippen LogP contribution in [0.2, 0.25) is 38.3 Å². The average Bonchev–Trinajstić information content (AvgIpc) is 3.36. The molecule has 0 aromatic carbocycles. The summed E-state index contributed by atoms with van der Waals surface area (Å²) in [7, 11) is -3.32. The highest BCUT2D eigenvalue weighted by molar-refractivity contribution is 6.71. The molecule has 7 nitrogen and oxygen atoms in total. The van der Waals surface area contributed by atoms with Crippen LogP contribution in [-0.4, -0.2) is 67.2 Å². The van der Waals surface area contributed by atoms with Gasteiger partial charge < -0.3 is 23.1 Å². The zero-order chi connectivity index (χ0) is 20.5. The minimum absolute atomic E-state index is 0.321. The Labute approximate surface area is 165 Å². The Morgan fingerprint density at radius 1 is 0.778 bits per heavy atom. The van der Waals surface area contributed by atoms with Crippen LogP contribution in [0, 0.1) is 0 Å². The van der Waals surface area contributed by atoms with Crippen LogP contribution in [0.25, 0.3) is 0 Å². The maximum Gasteiger partial charge on any atom is 0.338 e. The normalized spacial score (nSPS) is 19.6. The maximum absolute atomic E-state index is 11.9. The summed E-state index contributed by atoms with van der Waals surface area (Å²) in [6, 6.07) is 1.85. The second-order valence-electron chi connectivity index (χ2n) is 7.90. The van der Waals surface area contributed by atoms with Crippen molar-refractivity contribution in [2.24, 2.45) is 0 Å². The molecule has 1 aliphatic heterocycles. The highest BCUT2D eigenvalue weighted by Crippen LogP contribution is 2.25. The highest BCUT2D eigenvalue weighted by Gasteiger charge is 2.52. The molecule has 0 aromatic rings. The smallest absolute Gasteiger partial charge is 0.338 e. The van der Waals surface area contributed by atoms with Crippen molar-refractivity contribution in [1.82, 2.24) is 0 Å². The molecule has 0 aromatic heterocycles. The van der Waals surface area contributed by atoms with Gasteiger partial charge in [0.15, 0.2) is 28.8 Å². The lowest BCUT2D eigenvalue weighted by Gasteiger charge is -2.21. The number of hydrogen-bond acceptors (Lipinski definition) is 7. The van der Waals surface area contributed by atoms with Crippen molar-refractivity contribution >= 4 is 28.6 Å². The lowest BCUT2D eigenvalue weighted by molar-refractivity contribution is -0.147. The highest BCUT2D eigenvalue weighted by atomic mass is 28.4. The minimum atomic E-state index is -1.66. The number of ether oxygens (including phenoxy) is 3. The first-order chi connectivity index (χ1) is 12.6. The van der Waals surface area contributed by atoms with Crippen LogP contribution in [0.5, 0.6) is 0 Å². The van der Waals surface area contributed by atoms with Crippen LogP contribution < -0.4 is 0 Å². The molecule has 0 saturated carbocycles. The van der Waals surface area contributed by atoms with Crippen molar-refractivity contribution in [3.8, 4) is 0 Å². The summed E-state index contributed by atoms with van der Waals surface area (Å²) in [5, 5.41) is 0. The van der Waals surface area contributed by atoms with Crippen molar-refractivity contribution in [2.45, 2.75) is 77.2 Å². The van der Waals surface area contributed by atoms with Crippen molar-refractivity contribution in [2.75, 3.05) is 26.4 Å². The van der Waals surface area contributed by atoms with Crippen molar-refractivity contribution < 1.29 is 32.7 Å². The Kier molecular flexibility index (Phi) is 10.2. The zero-order valence-corrected chi connectivity index (χ0v) is 19.7. The zero-order valence-electron chi connectivity index (χ0n) is 17.7. The van der Waals surface area contributed by atoms with Crippen molar-refractivity contribution in [3.63, 3.8) is 0 Å². The molecule has 0 amide bonds. The fraction of sp³-hybridized carbons (Fsp3) is 0.889. The van der Waals surface area contributed by atoms with Gasteiger partial charge in [0.1, 0.15) is 0 Å². The van der Waals surface area contributed by atoms with Gasteiger partial charge in [-0.05, 0) is 65.0 Å². The van der Waals surface area contributed by atoms with Gasteiger partial charge in [0, 0.05) is 13.2 Å². The summed E-state index contributed by atoms with van der Waals surface area (Å²) >= 11 is 0. The average molecular weight is 421 g/mol. The molecule has 0 aliphatic carbocycles. The van der Waals surface area contributed by atoms with Crippen LogP contribution in [0.15, 0.2) is 0 Å². The van der Waals surface area contributed by atoms with Gasteiger partial charge >= 0.3 is 11.9 Å². The number of esters is 2. The molecule has 0 radical (unpaired) electrons. The summed E-state index contributed by atoms with van der Waals surface area (Å²) in [5.74, 6) is -0.976. The van der Waals surface area contributed by atoms with Gasteiger partial charge in [-0.1, -0.05) is 0 Å². The third-order valence-electron chi connectivity index (χ3n) is 4.36. The first-order valence-corrected chi connectivity index (χ1v) is 16.1. The molecule has 1 saturated heterocycles. The molecule has 2 atom stereocenters. The summed E-state index contributed by atoms with van der Waals surface area (Å²) in [6.07, 6.45) is -0.119. The standard InChI is InChI=1S/C18H36O7Si2/c1-7-23-26(3,4)13-9-11-21-17(19)15-16(25-15)18(20)22-12-10-14-27(5,6)24-8-2/h15-16H,7-14H2,1-6H3. The summed E-state index contributed by atoms with van der Waals surface area (Å²) in [5.41, 5.74) is 0. The van der Waals surface area contributed by atoms with E-state index in [2.05, 4.69) is 26.2 Å². The topological polar surface area (TPSA) is 83.6 Å². The van der Waals surface area contributed by atoms with Gasteiger partial charge in [-0.25, -0.2) is 9.59 Å². The van der Waals surface area contributed by atoms with E-state index in [1.165, 1.54) is 0 Å². The van der Waals surface area contributed by atoms with Gasteiger partial charge in [0.05, 0.1) is 13.2 Å². The largest absolute Gasteiger partial charge is 0.464 e. The molecule has 1 heterocycles. The van der Waals surface area contributed by atoms with Crippen LogP contribution >= 0.6 is 0 Å². The van der Waals surface area contributed by atoms with E-state index in [0.29, 0.717) is 26.4 Å². The van der Waals surface area contributed by atoms with E-state index in [9.17, 15) is 9.59 Å². The molecule has 0 spiro atoms. The number of rotatable bonds is 14. The second kappa shape index (κ2) is 11.3. The molecule has 27 heavy (non-hydrogen) atoms.